The minimum Gasteiger partial charge on any atom is -0.496 e. The molecule has 0 unspecified atom stereocenters. The molecule has 0 radical (unpaired) electrons. The average Bonchev–Trinajstić information content (AvgIpc) is 2.08. The Bertz CT molecular complexity index is 254. The van der Waals surface area contributed by atoms with Gasteiger partial charge in [0.25, 0.3) is 0 Å². The molecule has 0 saturated heterocycles. The summed E-state index contributed by atoms with van der Waals surface area (Å²) in [5.41, 5.74) is 1.05. The molecule has 0 atom stereocenters. The van der Waals surface area contributed by atoms with Gasteiger partial charge >= 0.3 is 0 Å². The highest BCUT2D eigenvalue weighted by Crippen LogP contribution is 2.30. The summed E-state index contributed by atoms with van der Waals surface area (Å²) in [5, 5.41) is 0. The summed E-state index contributed by atoms with van der Waals surface area (Å²) < 4.78 is 10.2. The van der Waals surface area contributed by atoms with Crippen LogP contribution in [0.4, 0.5) is 0 Å². The van der Waals surface area contributed by atoms with Crippen molar-refractivity contribution in [2.45, 2.75) is 11.8 Å². The van der Waals surface area contributed by atoms with Crippen molar-refractivity contribution in [1.29, 1.82) is 0 Å². The molecule has 0 amide bonds. The Balaban J connectivity index is 3.16. The lowest BCUT2D eigenvalue weighted by molar-refractivity contribution is 0.392. The second kappa shape index (κ2) is 3.72. The number of thiol groups is 1. The van der Waals surface area contributed by atoms with E-state index in [0.717, 1.165) is 22.0 Å². The monoisotopic (exact) mass is 184 g/mol. The van der Waals surface area contributed by atoms with Crippen molar-refractivity contribution < 1.29 is 9.47 Å². The van der Waals surface area contributed by atoms with Crippen LogP contribution in [0, 0.1) is 6.92 Å². The van der Waals surface area contributed by atoms with Gasteiger partial charge < -0.3 is 9.47 Å². The van der Waals surface area contributed by atoms with E-state index in [4.69, 9.17) is 9.47 Å². The SMILES string of the molecule is COc1cc(S)c(OC)cc1C. The van der Waals surface area contributed by atoms with Crippen LogP contribution in [0.1, 0.15) is 5.56 Å². The van der Waals surface area contributed by atoms with Crippen LogP contribution in [0.3, 0.4) is 0 Å². The molecule has 0 N–H and O–H groups in total. The van der Waals surface area contributed by atoms with E-state index in [1.165, 1.54) is 0 Å². The molecule has 1 rings (SSSR count). The highest BCUT2D eigenvalue weighted by atomic mass is 32.1. The second-order valence-electron chi connectivity index (χ2n) is 2.49. The Morgan fingerprint density at radius 1 is 1.08 bits per heavy atom. The van der Waals surface area contributed by atoms with Crippen LogP contribution >= 0.6 is 12.6 Å². The first-order chi connectivity index (χ1) is 5.69. The minimum absolute atomic E-state index is 0.775. The van der Waals surface area contributed by atoms with Crippen molar-refractivity contribution >= 4 is 12.6 Å². The molecular formula is C9H12O2S. The molecule has 0 aromatic heterocycles. The molecule has 1 aromatic carbocycles. The van der Waals surface area contributed by atoms with Crippen molar-refractivity contribution in [3.8, 4) is 11.5 Å². The first-order valence-corrected chi connectivity index (χ1v) is 4.05. The van der Waals surface area contributed by atoms with Gasteiger partial charge in [0.2, 0.25) is 0 Å². The quantitative estimate of drug-likeness (QED) is 0.711. The summed E-state index contributed by atoms with van der Waals surface area (Å²) >= 11 is 4.24. The van der Waals surface area contributed by atoms with E-state index in [1.54, 1.807) is 14.2 Å². The van der Waals surface area contributed by atoms with Crippen LogP contribution in [0.5, 0.6) is 11.5 Å². The Kier molecular flexibility index (Phi) is 2.87. The van der Waals surface area contributed by atoms with Crippen molar-refractivity contribution in [1.82, 2.24) is 0 Å². The Hall–Kier alpha value is -0.830. The first-order valence-electron chi connectivity index (χ1n) is 3.60. The summed E-state index contributed by atoms with van der Waals surface area (Å²) in [6, 6.07) is 3.75. The number of benzene rings is 1. The number of hydrogen-bond donors (Lipinski definition) is 1. The first kappa shape index (κ1) is 9.26. The number of rotatable bonds is 2. The minimum atomic E-state index is 0.775. The number of ether oxygens (including phenoxy) is 2. The molecule has 1 aromatic rings. The molecule has 0 heterocycles. The van der Waals surface area contributed by atoms with Gasteiger partial charge in [-0.25, -0.2) is 0 Å². The standard InChI is InChI=1S/C9H12O2S/c1-6-4-8(11-3)9(12)5-7(6)10-2/h4-5,12H,1-3H3. The molecule has 0 spiro atoms. The molecule has 0 saturated carbocycles. The maximum absolute atomic E-state index is 5.12. The van der Waals surface area contributed by atoms with Crippen LogP contribution in [0.2, 0.25) is 0 Å². The smallest absolute Gasteiger partial charge is 0.132 e. The van der Waals surface area contributed by atoms with Gasteiger partial charge in [-0.05, 0) is 24.6 Å². The third-order valence-electron chi connectivity index (χ3n) is 1.70. The van der Waals surface area contributed by atoms with Crippen LogP contribution in [0.15, 0.2) is 17.0 Å². The predicted molar refractivity (Wildman–Crippen MR) is 51.5 cm³/mol. The molecular weight excluding hydrogens is 172 g/mol. The van der Waals surface area contributed by atoms with E-state index in [9.17, 15) is 0 Å². The van der Waals surface area contributed by atoms with Gasteiger partial charge in [-0.1, -0.05) is 0 Å². The van der Waals surface area contributed by atoms with E-state index in [2.05, 4.69) is 12.6 Å². The second-order valence-corrected chi connectivity index (χ2v) is 2.98. The number of aryl methyl sites for hydroxylation is 1. The zero-order chi connectivity index (χ0) is 9.14. The molecule has 12 heavy (non-hydrogen) atoms. The van der Waals surface area contributed by atoms with E-state index < -0.39 is 0 Å². The van der Waals surface area contributed by atoms with Gasteiger partial charge in [-0.15, -0.1) is 12.6 Å². The van der Waals surface area contributed by atoms with Crippen LogP contribution < -0.4 is 9.47 Å². The largest absolute Gasteiger partial charge is 0.496 e. The van der Waals surface area contributed by atoms with Gasteiger partial charge in [-0.2, -0.15) is 0 Å². The fourth-order valence-electron chi connectivity index (χ4n) is 1.03. The fourth-order valence-corrected chi connectivity index (χ4v) is 1.31. The lowest BCUT2D eigenvalue weighted by atomic mass is 10.2. The van der Waals surface area contributed by atoms with Gasteiger partial charge in [0.05, 0.1) is 14.2 Å². The summed E-state index contributed by atoms with van der Waals surface area (Å²) in [7, 11) is 3.27. The summed E-state index contributed by atoms with van der Waals surface area (Å²) in [4.78, 5) is 0.792. The van der Waals surface area contributed by atoms with E-state index >= 15 is 0 Å². The van der Waals surface area contributed by atoms with E-state index in [1.807, 2.05) is 19.1 Å². The van der Waals surface area contributed by atoms with Crippen molar-refractivity contribution in [2.75, 3.05) is 14.2 Å². The maximum atomic E-state index is 5.12. The molecule has 0 fully saturated rings. The molecule has 0 aliphatic carbocycles. The van der Waals surface area contributed by atoms with Gasteiger partial charge in [-0.3, -0.25) is 0 Å². The fraction of sp³-hybridized carbons (Fsp3) is 0.333. The third kappa shape index (κ3) is 1.67. The van der Waals surface area contributed by atoms with E-state index in [0.29, 0.717) is 0 Å². The van der Waals surface area contributed by atoms with Crippen LogP contribution in [0.25, 0.3) is 0 Å². The Morgan fingerprint density at radius 3 is 2.17 bits per heavy atom. The predicted octanol–water partition coefficient (Wildman–Crippen LogP) is 2.30. The van der Waals surface area contributed by atoms with Crippen LogP contribution in [-0.4, -0.2) is 14.2 Å². The van der Waals surface area contributed by atoms with Crippen LogP contribution in [-0.2, 0) is 0 Å². The average molecular weight is 184 g/mol. The van der Waals surface area contributed by atoms with E-state index in [-0.39, 0.29) is 0 Å². The molecule has 0 bridgehead atoms. The normalized spacial score (nSPS) is 9.67. The van der Waals surface area contributed by atoms with Crippen molar-refractivity contribution in [2.24, 2.45) is 0 Å². The zero-order valence-corrected chi connectivity index (χ0v) is 8.31. The molecule has 0 aliphatic rings. The van der Waals surface area contributed by atoms with Gasteiger partial charge in [0.15, 0.2) is 0 Å². The third-order valence-corrected chi connectivity index (χ3v) is 2.05. The highest BCUT2D eigenvalue weighted by molar-refractivity contribution is 7.80. The Labute approximate surface area is 77.9 Å². The van der Waals surface area contributed by atoms with Gasteiger partial charge in [0.1, 0.15) is 11.5 Å². The summed E-state index contributed by atoms with van der Waals surface area (Å²) in [6.07, 6.45) is 0. The Morgan fingerprint density at radius 2 is 1.67 bits per heavy atom. The molecule has 3 heteroatoms. The zero-order valence-electron chi connectivity index (χ0n) is 7.42. The highest BCUT2D eigenvalue weighted by Gasteiger charge is 2.04. The number of hydrogen-bond acceptors (Lipinski definition) is 3. The lowest BCUT2D eigenvalue weighted by Crippen LogP contribution is -1.90. The van der Waals surface area contributed by atoms with Gasteiger partial charge in [0, 0.05) is 4.90 Å². The van der Waals surface area contributed by atoms with Crippen molar-refractivity contribution in [3.63, 3.8) is 0 Å². The summed E-state index contributed by atoms with van der Waals surface area (Å²) in [5.74, 6) is 1.61. The molecule has 0 aliphatic heterocycles. The lowest BCUT2D eigenvalue weighted by Gasteiger charge is -2.08. The maximum Gasteiger partial charge on any atom is 0.132 e. The summed E-state index contributed by atoms with van der Waals surface area (Å²) in [6.45, 7) is 1.97. The molecule has 66 valence electrons. The van der Waals surface area contributed by atoms with Crippen molar-refractivity contribution in [3.05, 3.63) is 17.7 Å². The topological polar surface area (TPSA) is 18.5 Å². The molecule has 2 nitrogen and oxygen atoms in total. The number of methoxy groups -OCH3 is 2.